The highest BCUT2D eigenvalue weighted by molar-refractivity contribution is 5.67. The van der Waals surface area contributed by atoms with Crippen molar-refractivity contribution in [1.82, 2.24) is 0 Å². The molecule has 0 aliphatic carbocycles. The van der Waals surface area contributed by atoms with Crippen molar-refractivity contribution in [2.75, 3.05) is 0 Å². The Kier molecular flexibility index (Phi) is 4.75. The number of rotatable bonds is 4. The fourth-order valence-corrected chi connectivity index (χ4v) is 1.51. The van der Waals surface area contributed by atoms with Crippen molar-refractivity contribution < 1.29 is 41.0 Å². The van der Waals surface area contributed by atoms with Gasteiger partial charge in [-0.25, -0.2) is 0 Å². The van der Waals surface area contributed by atoms with Gasteiger partial charge in [0.25, 0.3) is 0 Å². The number of hydrogen-bond acceptors (Lipinski definition) is 2. The molecule has 0 spiro atoms. The SMILES string of the molecule is C[C@@H](CC(=O)O)Oc1cc(C(F)(F)F)cc(C(F)(F)F)c1. The summed E-state index contributed by atoms with van der Waals surface area (Å²) in [5, 5.41) is 8.49. The second kappa shape index (κ2) is 5.82. The molecule has 0 saturated heterocycles. The molecular weight excluding hydrogens is 306 g/mol. The number of hydrogen-bond donors (Lipinski definition) is 1. The lowest BCUT2D eigenvalue weighted by molar-refractivity contribution is -0.144. The topological polar surface area (TPSA) is 46.5 Å². The molecule has 0 fully saturated rings. The van der Waals surface area contributed by atoms with Gasteiger partial charge in [-0.2, -0.15) is 26.3 Å². The van der Waals surface area contributed by atoms with E-state index in [4.69, 9.17) is 9.84 Å². The molecular formula is C12H10F6O3. The van der Waals surface area contributed by atoms with E-state index in [-0.39, 0.29) is 6.07 Å². The number of halogens is 6. The van der Waals surface area contributed by atoms with Crippen molar-refractivity contribution in [2.24, 2.45) is 0 Å². The smallest absolute Gasteiger partial charge is 0.416 e. The van der Waals surface area contributed by atoms with Crippen LogP contribution in [0.25, 0.3) is 0 Å². The van der Waals surface area contributed by atoms with Gasteiger partial charge in [0.05, 0.1) is 17.5 Å². The number of ether oxygens (including phenoxy) is 1. The van der Waals surface area contributed by atoms with Crippen molar-refractivity contribution in [2.45, 2.75) is 31.8 Å². The molecule has 9 heteroatoms. The largest absolute Gasteiger partial charge is 0.490 e. The van der Waals surface area contributed by atoms with E-state index >= 15 is 0 Å². The van der Waals surface area contributed by atoms with Crippen LogP contribution in [0.1, 0.15) is 24.5 Å². The standard InChI is InChI=1S/C12H10F6O3/c1-6(2-10(19)20)21-9-4-7(11(13,14)15)3-8(5-9)12(16,17)18/h3-6H,2H2,1H3,(H,19,20)/t6-/m0/s1. The van der Waals surface area contributed by atoms with Crippen LogP contribution in [0, 0.1) is 0 Å². The van der Waals surface area contributed by atoms with E-state index < -0.39 is 47.7 Å². The molecule has 3 nitrogen and oxygen atoms in total. The Hall–Kier alpha value is -1.93. The molecule has 118 valence electrons. The van der Waals surface area contributed by atoms with Crippen molar-refractivity contribution >= 4 is 5.97 Å². The van der Waals surface area contributed by atoms with E-state index in [0.29, 0.717) is 12.1 Å². The zero-order chi connectivity index (χ0) is 16.4. The Balaban J connectivity index is 3.17. The minimum Gasteiger partial charge on any atom is -0.490 e. The van der Waals surface area contributed by atoms with Crippen LogP contribution in [-0.4, -0.2) is 17.2 Å². The van der Waals surface area contributed by atoms with Gasteiger partial charge in [-0.05, 0) is 25.1 Å². The van der Waals surface area contributed by atoms with Gasteiger partial charge in [0, 0.05) is 0 Å². The summed E-state index contributed by atoms with van der Waals surface area (Å²) < 4.78 is 80.2. The highest BCUT2D eigenvalue weighted by atomic mass is 19.4. The van der Waals surface area contributed by atoms with Crippen molar-refractivity contribution in [3.05, 3.63) is 29.3 Å². The monoisotopic (exact) mass is 316 g/mol. The maximum absolute atomic E-state index is 12.6. The first-order chi connectivity index (χ1) is 9.39. The molecule has 1 atom stereocenters. The molecule has 0 saturated carbocycles. The van der Waals surface area contributed by atoms with E-state index in [2.05, 4.69) is 0 Å². The van der Waals surface area contributed by atoms with Gasteiger partial charge < -0.3 is 9.84 Å². The third kappa shape index (κ3) is 5.16. The summed E-state index contributed by atoms with van der Waals surface area (Å²) in [4.78, 5) is 10.4. The summed E-state index contributed by atoms with van der Waals surface area (Å²) in [6.07, 6.45) is -11.6. The molecule has 0 aliphatic rings. The van der Waals surface area contributed by atoms with E-state index in [1.165, 1.54) is 6.92 Å². The lowest BCUT2D eigenvalue weighted by Crippen LogP contribution is -2.18. The molecule has 1 aromatic rings. The quantitative estimate of drug-likeness (QED) is 0.855. The second-order valence-corrected chi connectivity index (χ2v) is 4.27. The lowest BCUT2D eigenvalue weighted by atomic mass is 10.1. The molecule has 0 amide bonds. The number of carboxylic acids is 1. The number of benzene rings is 1. The third-order valence-corrected chi connectivity index (χ3v) is 2.36. The average Bonchev–Trinajstić information content (AvgIpc) is 2.24. The molecule has 0 bridgehead atoms. The first kappa shape index (κ1) is 17.1. The van der Waals surface area contributed by atoms with Gasteiger partial charge in [-0.1, -0.05) is 0 Å². The maximum Gasteiger partial charge on any atom is 0.416 e. The van der Waals surface area contributed by atoms with Gasteiger partial charge in [-0.3, -0.25) is 4.79 Å². The van der Waals surface area contributed by atoms with Crippen molar-refractivity contribution in [3.8, 4) is 5.75 Å². The summed E-state index contributed by atoms with van der Waals surface area (Å²) in [5.74, 6) is -1.98. The van der Waals surface area contributed by atoms with Crippen LogP contribution >= 0.6 is 0 Å². The molecule has 1 aromatic carbocycles. The number of aliphatic carboxylic acids is 1. The molecule has 0 unspecified atom stereocenters. The summed E-state index contributed by atoms with van der Waals surface area (Å²) in [6, 6.07) is 0.760. The molecule has 0 aliphatic heterocycles. The number of carbonyl (C=O) groups is 1. The Morgan fingerprint density at radius 3 is 1.86 bits per heavy atom. The predicted molar refractivity (Wildman–Crippen MR) is 58.8 cm³/mol. The lowest BCUT2D eigenvalue weighted by Gasteiger charge is -2.17. The fourth-order valence-electron chi connectivity index (χ4n) is 1.51. The Bertz CT molecular complexity index is 488. The second-order valence-electron chi connectivity index (χ2n) is 4.27. The van der Waals surface area contributed by atoms with Crippen molar-refractivity contribution in [3.63, 3.8) is 0 Å². The zero-order valence-electron chi connectivity index (χ0n) is 10.5. The minimum atomic E-state index is -4.98. The highest BCUT2D eigenvalue weighted by Gasteiger charge is 2.37. The summed E-state index contributed by atoms with van der Waals surface area (Å²) in [5.41, 5.74) is -3.04. The molecule has 0 aromatic heterocycles. The van der Waals surface area contributed by atoms with Gasteiger partial charge in [0.1, 0.15) is 11.9 Å². The normalized spacial score (nSPS) is 13.9. The fraction of sp³-hybridized carbons (Fsp3) is 0.417. The van der Waals surface area contributed by atoms with Crippen LogP contribution in [0.3, 0.4) is 0 Å². The Morgan fingerprint density at radius 1 is 1.10 bits per heavy atom. The minimum absolute atomic E-state index is 0.0330. The number of alkyl halides is 6. The van der Waals surface area contributed by atoms with Crippen LogP contribution < -0.4 is 4.74 Å². The first-order valence-corrected chi connectivity index (χ1v) is 5.57. The summed E-state index contributed by atoms with van der Waals surface area (Å²) >= 11 is 0. The van der Waals surface area contributed by atoms with Crippen LogP contribution in [-0.2, 0) is 17.1 Å². The number of carboxylic acid groups (broad SMARTS) is 1. The highest BCUT2D eigenvalue weighted by Crippen LogP contribution is 2.38. The van der Waals surface area contributed by atoms with Gasteiger partial charge in [-0.15, -0.1) is 0 Å². The third-order valence-electron chi connectivity index (χ3n) is 2.36. The summed E-state index contributed by atoms with van der Waals surface area (Å²) in [6.45, 7) is 1.22. The van der Waals surface area contributed by atoms with Crippen LogP contribution in [0.15, 0.2) is 18.2 Å². The van der Waals surface area contributed by atoms with Crippen LogP contribution in [0.2, 0.25) is 0 Å². The van der Waals surface area contributed by atoms with Crippen LogP contribution in [0.4, 0.5) is 26.3 Å². The van der Waals surface area contributed by atoms with Gasteiger partial charge >= 0.3 is 18.3 Å². The first-order valence-electron chi connectivity index (χ1n) is 5.57. The zero-order valence-corrected chi connectivity index (χ0v) is 10.5. The molecule has 1 rings (SSSR count). The Morgan fingerprint density at radius 2 is 1.52 bits per heavy atom. The maximum atomic E-state index is 12.6. The van der Waals surface area contributed by atoms with E-state index in [0.717, 1.165) is 0 Å². The van der Waals surface area contributed by atoms with E-state index in [1.54, 1.807) is 0 Å². The summed E-state index contributed by atoms with van der Waals surface area (Å²) in [7, 11) is 0. The molecule has 21 heavy (non-hydrogen) atoms. The van der Waals surface area contributed by atoms with Crippen LogP contribution in [0.5, 0.6) is 5.75 Å². The van der Waals surface area contributed by atoms with E-state index in [1.807, 2.05) is 0 Å². The predicted octanol–water partition coefficient (Wildman–Crippen LogP) is 3.97. The average molecular weight is 316 g/mol. The Labute approximate surface area is 115 Å². The van der Waals surface area contributed by atoms with Gasteiger partial charge in [0.2, 0.25) is 0 Å². The van der Waals surface area contributed by atoms with Gasteiger partial charge in [0.15, 0.2) is 0 Å². The molecule has 1 N–H and O–H groups in total. The molecule has 0 radical (unpaired) electrons. The van der Waals surface area contributed by atoms with Crippen molar-refractivity contribution in [1.29, 1.82) is 0 Å². The molecule has 0 heterocycles. The van der Waals surface area contributed by atoms with E-state index in [9.17, 15) is 31.1 Å².